The van der Waals surface area contributed by atoms with Crippen LogP contribution in [0.3, 0.4) is 0 Å². The van der Waals surface area contributed by atoms with Crippen LogP contribution in [0.15, 0.2) is 18.5 Å². The van der Waals surface area contributed by atoms with Crippen LogP contribution in [-0.2, 0) is 0 Å². The standard InChI is InChI=1S/C11H15ClN6OS/c1-7(8(6-19)20-2)14-10-15-9(12)16-11(17-10)18-5-3-4-13-18/h3-5,7-8,19H,6H2,1-2H3,(H,14,15,16,17). The number of nitrogens with one attached hydrogen (secondary N) is 1. The van der Waals surface area contributed by atoms with Crippen LogP contribution < -0.4 is 5.32 Å². The van der Waals surface area contributed by atoms with E-state index in [1.54, 1.807) is 30.2 Å². The highest BCUT2D eigenvalue weighted by molar-refractivity contribution is 7.99. The van der Waals surface area contributed by atoms with E-state index in [-0.39, 0.29) is 23.2 Å². The van der Waals surface area contributed by atoms with E-state index in [1.165, 1.54) is 4.68 Å². The van der Waals surface area contributed by atoms with Crippen molar-refractivity contribution in [1.29, 1.82) is 0 Å². The van der Waals surface area contributed by atoms with E-state index >= 15 is 0 Å². The summed E-state index contributed by atoms with van der Waals surface area (Å²) in [5.74, 6) is 0.699. The van der Waals surface area contributed by atoms with Crippen molar-refractivity contribution in [2.75, 3.05) is 18.2 Å². The number of anilines is 1. The predicted octanol–water partition coefficient (Wildman–Crippen LogP) is 1.23. The Labute approximate surface area is 125 Å². The Bertz CT molecular complexity index is 548. The first-order valence-electron chi connectivity index (χ1n) is 5.96. The van der Waals surface area contributed by atoms with Crippen LogP contribution in [-0.4, -0.2) is 54.0 Å². The lowest BCUT2D eigenvalue weighted by Gasteiger charge is -2.21. The smallest absolute Gasteiger partial charge is 0.256 e. The molecule has 0 saturated carbocycles. The van der Waals surface area contributed by atoms with Crippen molar-refractivity contribution >= 4 is 29.3 Å². The van der Waals surface area contributed by atoms with Gasteiger partial charge in [0.1, 0.15) is 0 Å². The first kappa shape index (κ1) is 15.0. The maximum absolute atomic E-state index is 9.28. The summed E-state index contributed by atoms with van der Waals surface area (Å²) in [4.78, 5) is 12.3. The van der Waals surface area contributed by atoms with Crippen molar-refractivity contribution in [1.82, 2.24) is 24.7 Å². The van der Waals surface area contributed by atoms with Crippen molar-refractivity contribution in [3.63, 3.8) is 0 Å². The number of rotatable bonds is 6. The van der Waals surface area contributed by atoms with E-state index in [0.29, 0.717) is 11.9 Å². The zero-order chi connectivity index (χ0) is 14.5. The van der Waals surface area contributed by atoms with Gasteiger partial charge in [0.15, 0.2) is 0 Å². The second-order valence-electron chi connectivity index (χ2n) is 4.07. The van der Waals surface area contributed by atoms with Crippen molar-refractivity contribution in [2.45, 2.75) is 18.2 Å². The minimum atomic E-state index is -0.0149. The van der Waals surface area contributed by atoms with Gasteiger partial charge in [-0.05, 0) is 30.8 Å². The number of aromatic nitrogens is 5. The highest BCUT2D eigenvalue weighted by atomic mass is 35.5. The fourth-order valence-electron chi connectivity index (χ4n) is 1.63. The van der Waals surface area contributed by atoms with Gasteiger partial charge in [-0.25, -0.2) is 4.68 Å². The molecule has 0 aliphatic heterocycles. The fraction of sp³-hybridized carbons (Fsp3) is 0.455. The number of thioether (sulfide) groups is 1. The topological polar surface area (TPSA) is 88.8 Å². The molecule has 0 bridgehead atoms. The summed E-state index contributed by atoms with van der Waals surface area (Å²) in [6.07, 6.45) is 5.29. The minimum absolute atomic E-state index is 0.0149. The molecule has 0 aromatic carbocycles. The molecule has 0 spiro atoms. The van der Waals surface area contributed by atoms with Crippen LogP contribution in [0, 0.1) is 0 Å². The normalized spacial score (nSPS) is 14.0. The van der Waals surface area contributed by atoms with Crippen molar-refractivity contribution in [3.8, 4) is 5.95 Å². The molecule has 0 aliphatic rings. The number of aliphatic hydroxyl groups is 1. The number of hydrogen-bond acceptors (Lipinski definition) is 7. The Morgan fingerprint density at radius 3 is 2.85 bits per heavy atom. The van der Waals surface area contributed by atoms with Gasteiger partial charge in [-0.15, -0.1) is 0 Å². The van der Waals surface area contributed by atoms with Gasteiger partial charge in [0.25, 0.3) is 5.95 Å². The largest absolute Gasteiger partial charge is 0.395 e. The molecule has 20 heavy (non-hydrogen) atoms. The van der Waals surface area contributed by atoms with Gasteiger partial charge in [-0.2, -0.15) is 31.8 Å². The lowest BCUT2D eigenvalue weighted by atomic mass is 10.2. The number of hydrogen-bond donors (Lipinski definition) is 2. The van der Waals surface area contributed by atoms with Crippen LogP contribution in [0.4, 0.5) is 5.95 Å². The molecule has 0 amide bonds. The van der Waals surface area contributed by atoms with E-state index in [1.807, 2.05) is 13.2 Å². The van der Waals surface area contributed by atoms with Gasteiger partial charge in [0, 0.05) is 23.7 Å². The summed E-state index contributed by atoms with van der Waals surface area (Å²) < 4.78 is 1.50. The molecule has 2 aromatic rings. The second-order valence-corrected chi connectivity index (χ2v) is 5.48. The molecular weight excluding hydrogens is 300 g/mol. The number of aliphatic hydroxyl groups excluding tert-OH is 1. The van der Waals surface area contributed by atoms with Gasteiger partial charge in [0.2, 0.25) is 11.2 Å². The van der Waals surface area contributed by atoms with Crippen molar-refractivity contribution < 1.29 is 5.11 Å². The Morgan fingerprint density at radius 2 is 2.25 bits per heavy atom. The molecule has 2 unspecified atom stereocenters. The lowest BCUT2D eigenvalue weighted by Crippen LogP contribution is -2.31. The van der Waals surface area contributed by atoms with Gasteiger partial charge < -0.3 is 10.4 Å². The SMILES string of the molecule is CSC(CO)C(C)Nc1nc(Cl)nc(-n2cccn2)n1. The quantitative estimate of drug-likeness (QED) is 0.829. The van der Waals surface area contributed by atoms with Crippen LogP contribution in [0.1, 0.15) is 6.92 Å². The minimum Gasteiger partial charge on any atom is -0.395 e. The zero-order valence-electron chi connectivity index (χ0n) is 11.1. The zero-order valence-corrected chi connectivity index (χ0v) is 12.6. The van der Waals surface area contributed by atoms with Crippen LogP contribution in [0.5, 0.6) is 0 Å². The highest BCUT2D eigenvalue weighted by Gasteiger charge is 2.17. The molecule has 2 atom stereocenters. The second kappa shape index (κ2) is 6.87. The average Bonchev–Trinajstić information content (AvgIpc) is 2.93. The predicted molar refractivity (Wildman–Crippen MR) is 79.4 cm³/mol. The van der Waals surface area contributed by atoms with Crippen LogP contribution >= 0.6 is 23.4 Å². The van der Waals surface area contributed by atoms with E-state index in [0.717, 1.165) is 0 Å². The highest BCUT2D eigenvalue weighted by Crippen LogP contribution is 2.15. The van der Waals surface area contributed by atoms with E-state index in [2.05, 4.69) is 25.4 Å². The van der Waals surface area contributed by atoms with Gasteiger partial charge in [-0.1, -0.05) is 0 Å². The summed E-state index contributed by atoms with van der Waals surface area (Å²) in [6, 6.07) is 1.75. The average molecular weight is 315 g/mol. The first-order chi connectivity index (χ1) is 9.63. The Morgan fingerprint density at radius 1 is 1.45 bits per heavy atom. The molecular formula is C11H15ClN6OS. The summed E-state index contributed by atoms with van der Waals surface area (Å²) in [5.41, 5.74) is 0. The molecule has 2 heterocycles. The number of nitrogens with zero attached hydrogens (tertiary/aromatic N) is 5. The van der Waals surface area contributed by atoms with Crippen molar-refractivity contribution in [2.24, 2.45) is 0 Å². The monoisotopic (exact) mass is 314 g/mol. The molecule has 2 N–H and O–H groups in total. The third-order valence-corrected chi connectivity index (χ3v) is 4.03. The molecule has 0 saturated heterocycles. The molecule has 0 fully saturated rings. The Hall–Kier alpha value is -1.38. The van der Waals surface area contributed by atoms with Gasteiger partial charge >= 0.3 is 0 Å². The van der Waals surface area contributed by atoms with Gasteiger partial charge in [-0.3, -0.25) is 0 Å². The van der Waals surface area contributed by atoms with E-state index < -0.39 is 0 Å². The Balaban J connectivity index is 2.20. The summed E-state index contributed by atoms with van der Waals surface area (Å²) in [5, 5.41) is 16.6. The molecule has 2 aromatic heterocycles. The van der Waals surface area contributed by atoms with Gasteiger partial charge in [0.05, 0.1) is 6.61 Å². The maximum atomic E-state index is 9.28. The van der Waals surface area contributed by atoms with E-state index in [9.17, 15) is 5.11 Å². The summed E-state index contributed by atoms with van der Waals surface area (Å²) in [7, 11) is 0. The summed E-state index contributed by atoms with van der Waals surface area (Å²) in [6.45, 7) is 2.02. The first-order valence-corrected chi connectivity index (χ1v) is 7.62. The van der Waals surface area contributed by atoms with Crippen LogP contribution in [0.25, 0.3) is 5.95 Å². The number of halogens is 1. The van der Waals surface area contributed by atoms with E-state index in [4.69, 9.17) is 11.6 Å². The molecule has 7 nitrogen and oxygen atoms in total. The van der Waals surface area contributed by atoms with Crippen LogP contribution in [0.2, 0.25) is 5.28 Å². The fourth-order valence-corrected chi connectivity index (χ4v) is 2.41. The molecule has 2 rings (SSSR count). The third kappa shape index (κ3) is 3.59. The maximum Gasteiger partial charge on any atom is 0.256 e. The molecule has 0 radical (unpaired) electrons. The molecule has 108 valence electrons. The van der Waals surface area contributed by atoms with Crippen molar-refractivity contribution in [3.05, 3.63) is 23.7 Å². The lowest BCUT2D eigenvalue weighted by molar-refractivity contribution is 0.288. The molecule has 0 aliphatic carbocycles. The third-order valence-electron chi connectivity index (χ3n) is 2.70. The molecule has 9 heteroatoms. The Kier molecular flexibility index (Phi) is 5.16. The summed E-state index contributed by atoms with van der Waals surface area (Å²) >= 11 is 7.47.